The van der Waals surface area contributed by atoms with E-state index in [1.165, 1.54) is 55.2 Å². The molecule has 0 aliphatic heterocycles. The average Bonchev–Trinajstić information content (AvgIpc) is 3.24. The third kappa shape index (κ3) is 3.03. The maximum Gasteiger partial charge on any atom is 0.0545 e. The van der Waals surface area contributed by atoms with Gasteiger partial charge in [0.05, 0.1) is 5.52 Å². The molecule has 0 amide bonds. The number of fused-ring (bicyclic) bond motifs is 3. The highest BCUT2D eigenvalue weighted by atomic mass is 14.7. The predicted molar refractivity (Wildman–Crippen MR) is 132 cm³/mol. The van der Waals surface area contributed by atoms with Gasteiger partial charge in [0.2, 0.25) is 0 Å². The minimum absolute atomic E-state index is 1.17. The Hall–Kier alpha value is -4.10. The fraction of sp³-hybridized carbons (Fsp3) is 0. The molecule has 1 nitrogen and oxygen atoms in total. The number of aromatic nitrogens is 1. The monoisotopic (exact) mass is 395 g/mol. The van der Waals surface area contributed by atoms with Gasteiger partial charge in [-0.3, -0.25) is 0 Å². The maximum atomic E-state index is 3.73. The van der Waals surface area contributed by atoms with Gasteiger partial charge in [0.25, 0.3) is 0 Å². The van der Waals surface area contributed by atoms with Gasteiger partial charge in [0, 0.05) is 21.9 Å². The summed E-state index contributed by atoms with van der Waals surface area (Å²) in [5.41, 5.74) is 9.76. The summed E-state index contributed by atoms with van der Waals surface area (Å²) in [5, 5.41) is 2.54. The van der Waals surface area contributed by atoms with Crippen molar-refractivity contribution in [2.75, 3.05) is 0 Å². The summed E-state index contributed by atoms with van der Waals surface area (Å²) in [6.07, 6.45) is 0. The molecular formula is C30H21N. The highest BCUT2D eigenvalue weighted by molar-refractivity contribution is 6.18. The number of nitrogens with one attached hydrogen (secondary N) is 1. The van der Waals surface area contributed by atoms with Crippen molar-refractivity contribution in [3.8, 4) is 33.4 Å². The van der Waals surface area contributed by atoms with E-state index in [1.54, 1.807) is 0 Å². The summed E-state index contributed by atoms with van der Waals surface area (Å²) >= 11 is 0. The zero-order valence-corrected chi connectivity index (χ0v) is 17.0. The Balaban J connectivity index is 1.74. The van der Waals surface area contributed by atoms with Crippen molar-refractivity contribution in [3.05, 3.63) is 121 Å². The second-order valence-corrected chi connectivity index (χ2v) is 7.90. The molecule has 0 atom stereocenters. The van der Waals surface area contributed by atoms with E-state index in [9.17, 15) is 0 Å². The molecule has 0 aliphatic carbocycles. The number of aromatic amines is 1. The molecule has 6 rings (SSSR count). The lowest BCUT2D eigenvalue weighted by atomic mass is 9.93. The van der Waals surface area contributed by atoms with Gasteiger partial charge in [0.1, 0.15) is 0 Å². The minimum atomic E-state index is 1.17. The van der Waals surface area contributed by atoms with Crippen LogP contribution < -0.4 is 0 Å². The first-order valence-electron chi connectivity index (χ1n) is 10.6. The second kappa shape index (κ2) is 7.30. The molecule has 31 heavy (non-hydrogen) atoms. The fourth-order valence-electron chi connectivity index (χ4n) is 4.56. The van der Waals surface area contributed by atoms with Gasteiger partial charge in [-0.1, -0.05) is 103 Å². The van der Waals surface area contributed by atoms with Gasteiger partial charge in [-0.25, -0.2) is 0 Å². The molecule has 0 saturated heterocycles. The molecule has 0 radical (unpaired) electrons. The summed E-state index contributed by atoms with van der Waals surface area (Å²) in [5.74, 6) is 0. The Labute approximate surface area is 181 Å². The van der Waals surface area contributed by atoms with Crippen LogP contribution in [0.2, 0.25) is 0 Å². The van der Waals surface area contributed by atoms with E-state index in [-0.39, 0.29) is 0 Å². The molecule has 1 heterocycles. The van der Waals surface area contributed by atoms with E-state index >= 15 is 0 Å². The Morgan fingerprint density at radius 1 is 0.419 bits per heavy atom. The van der Waals surface area contributed by atoms with Crippen molar-refractivity contribution in [2.45, 2.75) is 0 Å². The lowest BCUT2D eigenvalue weighted by Crippen LogP contribution is -1.85. The Morgan fingerprint density at radius 2 is 1.00 bits per heavy atom. The lowest BCUT2D eigenvalue weighted by molar-refractivity contribution is 1.53. The van der Waals surface area contributed by atoms with Crippen LogP contribution in [0.4, 0.5) is 0 Å². The van der Waals surface area contributed by atoms with Crippen LogP contribution in [0, 0.1) is 0 Å². The van der Waals surface area contributed by atoms with E-state index in [4.69, 9.17) is 0 Å². The molecule has 146 valence electrons. The number of benzene rings is 5. The summed E-state index contributed by atoms with van der Waals surface area (Å²) in [4.78, 5) is 3.73. The first kappa shape index (κ1) is 17.7. The highest BCUT2D eigenvalue weighted by Gasteiger charge is 2.15. The van der Waals surface area contributed by atoms with Gasteiger partial charge < -0.3 is 4.98 Å². The van der Waals surface area contributed by atoms with Gasteiger partial charge in [0.15, 0.2) is 0 Å². The largest absolute Gasteiger partial charge is 0.354 e. The van der Waals surface area contributed by atoms with Crippen molar-refractivity contribution >= 4 is 21.8 Å². The van der Waals surface area contributed by atoms with Crippen molar-refractivity contribution < 1.29 is 0 Å². The van der Waals surface area contributed by atoms with E-state index in [1.807, 2.05) is 0 Å². The van der Waals surface area contributed by atoms with Crippen LogP contribution in [0.25, 0.3) is 55.2 Å². The maximum absolute atomic E-state index is 3.73. The quantitative estimate of drug-likeness (QED) is 0.310. The van der Waals surface area contributed by atoms with Crippen LogP contribution in [0.3, 0.4) is 0 Å². The van der Waals surface area contributed by atoms with Crippen molar-refractivity contribution in [2.24, 2.45) is 0 Å². The average molecular weight is 396 g/mol. The molecule has 0 bridgehead atoms. The van der Waals surface area contributed by atoms with E-state index in [2.05, 4.69) is 126 Å². The van der Waals surface area contributed by atoms with Crippen LogP contribution in [0.1, 0.15) is 0 Å². The van der Waals surface area contributed by atoms with Crippen LogP contribution >= 0.6 is 0 Å². The van der Waals surface area contributed by atoms with Crippen LogP contribution in [0.5, 0.6) is 0 Å². The molecular weight excluding hydrogens is 374 g/mol. The highest BCUT2D eigenvalue weighted by Crippen LogP contribution is 2.40. The van der Waals surface area contributed by atoms with Gasteiger partial charge in [-0.15, -0.1) is 0 Å². The summed E-state index contributed by atoms with van der Waals surface area (Å²) in [6, 6.07) is 43.1. The van der Waals surface area contributed by atoms with Crippen molar-refractivity contribution in [3.63, 3.8) is 0 Å². The molecule has 5 aromatic carbocycles. The standard InChI is InChI=1S/C30H21N/c1-4-11-21(12-5-1)24-19-26(23-15-8-3-9-16-23)30-27(20-24)29-25(17-10-18-28(29)31-30)22-13-6-2-7-14-22/h1-20,31H. The first-order valence-corrected chi connectivity index (χ1v) is 10.6. The number of rotatable bonds is 3. The molecule has 0 fully saturated rings. The second-order valence-electron chi connectivity index (χ2n) is 7.90. The van der Waals surface area contributed by atoms with Crippen molar-refractivity contribution in [1.82, 2.24) is 4.98 Å². The lowest BCUT2D eigenvalue weighted by Gasteiger charge is -2.10. The summed E-state index contributed by atoms with van der Waals surface area (Å²) < 4.78 is 0. The van der Waals surface area contributed by atoms with E-state index < -0.39 is 0 Å². The molecule has 0 aliphatic rings. The number of H-pyrrole nitrogens is 1. The Morgan fingerprint density at radius 3 is 1.65 bits per heavy atom. The Bertz CT molecular complexity index is 1490. The van der Waals surface area contributed by atoms with Crippen LogP contribution in [-0.2, 0) is 0 Å². The molecule has 0 spiro atoms. The molecule has 0 saturated carbocycles. The third-order valence-electron chi connectivity index (χ3n) is 6.01. The van der Waals surface area contributed by atoms with Gasteiger partial charge in [-0.05, 0) is 46.0 Å². The van der Waals surface area contributed by atoms with Crippen molar-refractivity contribution in [1.29, 1.82) is 0 Å². The van der Waals surface area contributed by atoms with Gasteiger partial charge in [-0.2, -0.15) is 0 Å². The molecule has 1 aromatic heterocycles. The third-order valence-corrected chi connectivity index (χ3v) is 6.01. The zero-order chi connectivity index (χ0) is 20.6. The topological polar surface area (TPSA) is 15.8 Å². The first-order chi connectivity index (χ1) is 15.4. The molecule has 1 N–H and O–H groups in total. The van der Waals surface area contributed by atoms with E-state index in [0.717, 1.165) is 0 Å². The molecule has 6 aromatic rings. The van der Waals surface area contributed by atoms with Crippen LogP contribution in [0.15, 0.2) is 121 Å². The zero-order valence-electron chi connectivity index (χ0n) is 17.0. The minimum Gasteiger partial charge on any atom is -0.354 e. The normalized spacial score (nSPS) is 11.2. The summed E-state index contributed by atoms with van der Waals surface area (Å²) in [6.45, 7) is 0. The van der Waals surface area contributed by atoms with E-state index in [0.29, 0.717) is 0 Å². The summed E-state index contributed by atoms with van der Waals surface area (Å²) in [7, 11) is 0. The number of hydrogen-bond acceptors (Lipinski definition) is 0. The SMILES string of the molecule is c1ccc(-c2cc(-c3ccccc3)c3[nH]c4cccc(-c5ccccc5)c4c3c2)cc1. The predicted octanol–water partition coefficient (Wildman–Crippen LogP) is 8.32. The fourth-order valence-corrected chi connectivity index (χ4v) is 4.56. The molecule has 0 unspecified atom stereocenters. The van der Waals surface area contributed by atoms with Gasteiger partial charge >= 0.3 is 0 Å². The number of hydrogen-bond donors (Lipinski definition) is 1. The molecule has 1 heteroatoms. The smallest absolute Gasteiger partial charge is 0.0545 e. The Kier molecular flexibility index (Phi) is 4.18. The van der Waals surface area contributed by atoms with Crippen LogP contribution in [-0.4, -0.2) is 4.98 Å².